The van der Waals surface area contributed by atoms with E-state index in [-0.39, 0.29) is 34.4 Å². The summed E-state index contributed by atoms with van der Waals surface area (Å²) in [5.74, 6) is -1.04. The van der Waals surface area contributed by atoms with Gasteiger partial charge in [-0.15, -0.1) is 0 Å². The maximum absolute atomic E-state index is 12.6. The molecule has 0 bridgehead atoms. The Morgan fingerprint density at radius 3 is 2.32 bits per heavy atom. The first kappa shape index (κ1) is 22.1. The average Bonchev–Trinajstić information content (AvgIpc) is 2.64. The van der Waals surface area contributed by atoms with E-state index < -0.39 is 21.4 Å². The topological polar surface area (TPSA) is 89.5 Å². The highest BCUT2D eigenvalue weighted by Crippen LogP contribution is 2.23. The first-order chi connectivity index (χ1) is 13.0. The number of nitrogens with one attached hydrogen (secondary N) is 1. The molecule has 0 amide bonds. The lowest BCUT2D eigenvalue weighted by Gasteiger charge is -2.16. The molecule has 0 saturated carbocycles. The molecular weight excluding hydrogens is 402 g/mol. The summed E-state index contributed by atoms with van der Waals surface area (Å²) in [5, 5.41) is -0.0251. The lowest BCUT2D eigenvalue weighted by molar-refractivity contribution is -0.129. The zero-order valence-corrected chi connectivity index (χ0v) is 17.4. The number of carbonyl (C=O) groups excluding carboxylic acids is 2. The van der Waals surface area contributed by atoms with Gasteiger partial charge in [0.2, 0.25) is 10.0 Å². The largest absolute Gasteiger partial charge is 0.454 e. The number of esters is 1. The van der Waals surface area contributed by atoms with Gasteiger partial charge in [0.15, 0.2) is 12.4 Å². The number of hydrogen-bond acceptors (Lipinski definition) is 5. The van der Waals surface area contributed by atoms with Gasteiger partial charge in [0, 0.05) is 12.0 Å². The van der Waals surface area contributed by atoms with E-state index >= 15 is 0 Å². The Bertz CT molecular complexity index is 966. The van der Waals surface area contributed by atoms with Crippen molar-refractivity contribution in [1.82, 2.24) is 4.72 Å². The molecule has 0 aliphatic rings. The van der Waals surface area contributed by atoms with E-state index in [2.05, 4.69) is 4.72 Å². The molecule has 1 N–H and O–H groups in total. The molecule has 8 heteroatoms. The summed E-state index contributed by atoms with van der Waals surface area (Å²) >= 11 is 6.03. The Balaban J connectivity index is 2.15. The molecule has 0 unspecified atom stereocenters. The third kappa shape index (κ3) is 5.89. The summed E-state index contributed by atoms with van der Waals surface area (Å²) in [6, 6.07) is 12.8. The van der Waals surface area contributed by atoms with Crippen LogP contribution in [-0.4, -0.2) is 26.8 Å². The van der Waals surface area contributed by atoms with Crippen molar-refractivity contribution in [3.8, 4) is 0 Å². The third-order valence-electron chi connectivity index (χ3n) is 3.94. The van der Waals surface area contributed by atoms with Gasteiger partial charge in [-0.3, -0.25) is 4.79 Å². The molecule has 6 nitrogen and oxygen atoms in total. The summed E-state index contributed by atoms with van der Waals surface area (Å²) in [7, 11) is -3.96. The van der Waals surface area contributed by atoms with E-state index in [1.807, 2.05) is 6.07 Å². The molecule has 0 atom stereocenters. The normalized spacial score (nSPS) is 11.9. The van der Waals surface area contributed by atoms with Crippen molar-refractivity contribution in [3.63, 3.8) is 0 Å². The average molecular weight is 424 g/mol. The summed E-state index contributed by atoms with van der Waals surface area (Å²) in [4.78, 5) is 23.9. The molecule has 2 aromatic rings. The van der Waals surface area contributed by atoms with Crippen molar-refractivity contribution >= 4 is 33.4 Å². The molecule has 2 rings (SSSR count). The maximum Gasteiger partial charge on any atom is 0.338 e. The predicted molar refractivity (Wildman–Crippen MR) is 107 cm³/mol. The van der Waals surface area contributed by atoms with Crippen LogP contribution in [0, 0.1) is 5.41 Å². The minimum Gasteiger partial charge on any atom is -0.454 e. The summed E-state index contributed by atoms with van der Waals surface area (Å²) in [5.41, 5.74) is 0.125. The van der Waals surface area contributed by atoms with Gasteiger partial charge in [-0.2, -0.15) is 0 Å². The van der Waals surface area contributed by atoms with Crippen molar-refractivity contribution < 1.29 is 22.7 Å². The molecule has 2 aromatic carbocycles. The number of sulfonamides is 1. The fourth-order valence-corrected chi connectivity index (χ4v) is 3.66. The second kappa shape index (κ2) is 8.86. The van der Waals surface area contributed by atoms with Gasteiger partial charge in [0.25, 0.3) is 0 Å². The SMILES string of the molecule is CC(C)(C)C(=O)COC(=O)c1ccc(Cl)c(S(=O)(=O)NCc2ccccc2)c1. The number of hydrogen-bond donors (Lipinski definition) is 1. The van der Waals surface area contributed by atoms with Gasteiger partial charge in [-0.05, 0) is 23.8 Å². The highest BCUT2D eigenvalue weighted by molar-refractivity contribution is 7.89. The second-order valence-electron chi connectivity index (χ2n) is 7.20. The van der Waals surface area contributed by atoms with Crippen molar-refractivity contribution in [1.29, 1.82) is 0 Å². The zero-order valence-electron chi connectivity index (χ0n) is 15.9. The fraction of sp³-hybridized carbons (Fsp3) is 0.300. The highest BCUT2D eigenvalue weighted by Gasteiger charge is 2.24. The van der Waals surface area contributed by atoms with Crippen LogP contribution in [0.3, 0.4) is 0 Å². The number of benzene rings is 2. The number of ketones is 1. The molecule has 0 fully saturated rings. The first-order valence-electron chi connectivity index (χ1n) is 8.54. The summed E-state index contributed by atoms with van der Waals surface area (Å²) < 4.78 is 32.7. The van der Waals surface area contributed by atoms with E-state index in [0.29, 0.717) is 0 Å². The molecule has 0 heterocycles. The maximum atomic E-state index is 12.6. The van der Waals surface area contributed by atoms with Crippen LogP contribution in [0.1, 0.15) is 36.7 Å². The van der Waals surface area contributed by atoms with Gasteiger partial charge < -0.3 is 4.74 Å². The van der Waals surface area contributed by atoms with Gasteiger partial charge in [-0.25, -0.2) is 17.9 Å². The van der Waals surface area contributed by atoms with E-state index in [4.69, 9.17) is 16.3 Å². The number of halogens is 1. The molecule has 28 heavy (non-hydrogen) atoms. The zero-order chi connectivity index (χ0) is 20.9. The van der Waals surface area contributed by atoms with E-state index in [1.165, 1.54) is 12.1 Å². The van der Waals surface area contributed by atoms with Crippen LogP contribution in [0.25, 0.3) is 0 Å². The summed E-state index contributed by atoms with van der Waals surface area (Å²) in [6.07, 6.45) is 0. The van der Waals surface area contributed by atoms with Crippen LogP contribution in [0.4, 0.5) is 0 Å². The summed E-state index contributed by atoms with van der Waals surface area (Å²) in [6.45, 7) is 4.84. The standard InChI is InChI=1S/C20H22ClNO5S/c1-20(2,3)18(23)13-27-19(24)15-9-10-16(21)17(11-15)28(25,26)22-12-14-7-5-4-6-8-14/h4-11,22H,12-13H2,1-3H3. The van der Waals surface area contributed by atoms with Crippen LogP contribution >= 0.6 is 11.6 Å². The van der Waals surface area contributed by atoms with E-state index in [0.717, 1.165) is 11.6 Å². The smallest absolute Gasteiger partial charge is 0.338 e. The van der Waals surface area contributed by atoms with Crippen molar-refractivity contribution in [2.75, 3.05) is 6.61 Å². The highest BCUT2D eigenvalue weighted by atomic mass is 35.5. The Kier molecular flexibility index (Phi) is 6.98. The lowest BCUT2D eigenvalue weighted by atomic mass is 9.91. The minimum atomic E-state index is -3.96. The van der Waals surface area contributed by atoms with Gasteiger partial charge in [0.05, 0.1) is 10.6 Å². The van der Waals surface area contributed by atoms with Gasteiger partial charge >= 0.3 is 5.97 Å². The lowest BCUT2D eigenvalue weighted by Crippen LogP contribution is -2.26. The number of Topliss-reactive ketones (excluding diaryl/α,β-unsaturated/α-hetero) is 1. The first-order valence-corrected chi connectivity index (χ1v) is 10.4. The monoisotopic (exact) mass is 423 g/mol. The third-order valence-corrected chi connectivity index (χ3v) is 5.82. The van der Waals surface area contributed by atoms with Crippen molar-refractivity contribution in [2.24, 2.45) is 5.41 Å². The Morgan fingerprint density at radius 2 is 1.71 bits per heavy atom. The number of rotatable bonds is 7. The van der Waals surface area contributed by atoms with Crippen molar-refractivity contribution in [3.05, 3.63) is 64.7 Å². The van der Waals surface area contributed by atoms with Crippen LogP contribution in [0.2, 0.25) is 5.02 Å². The number of ether oxygens (including phenoxy) is 1. The van der Waals surface area contributed by atoms with Crippen molar-refractivity contribution in [2.45, 2.75) is 32.2 Å². The molecule has 0 saturated heterocycles. The van der Waals surface area contributed by atoms with E-state index in [1.54, 1.807) is 45.0 Å². The van der Waals surface area contributed by atoms with Crippen LogP contribution in [0.15, 0.2) is 53.4 Å². The van der Waals surface area contributed by atoms with E-state index in [9.17, 15) is 18.0 Å². The molecule has 0 aromatic heterocycles. The molecule has 0 aliphatic carbocycles. The molecule has 150 valence electrons. The van der Waals surface area contributed by atoms with Crippen LogP contribution in [-0.2, 0) is 26.1 Å². The number of carbonyl (C=O) groups is 2. The Hall–Kier alpha value is -2.22. The molecule has 0 radical (unpaired) electrons. The molecule has 0 aliphatic heterocycles. The quantitative estimate of drug-likeness (QED) is 0.687. The van der Waals surface area contributed by atoms with Crippen LogP contribution in [0.5, 0.6) is 0 Å². The Morgan fingerprint density at radius 1 is 1.07 bits per heavy atom. The van der Waals surface area contributed by atoms with Gasteiger partial charge in [-0.1, -0.05) is 62.7 Å². The second-order valence-corrected chi connectivity index (χ2v) is 9.35. The predicted octanol–water partition coefficient (Wildman–Crippen LogP) is 3.59. The fourth-order valence-electron chi connectivity index (χ4n) is 2.12. The molecule has 0 spiro atoms. The van der Waals surface area contributed by atoms with Crippen LogP contribution < -0.4 is 4.72 Å². The minimum absolute atomic E-state index is 0.00815. The van der Waals surface area contributed by atoms with Gasteiger partial charge in [0.1, 0.15) is 4.90 Å². The molecular formula is C20H22ClNO5S. The Labute approximate surface area is 169 Å².